The molecule has 30 heavy (non-hydrogen) atoms. The number of hydrogen-bond donors (Lipinski definition) is 4. The first-order valence-corrected chi connectivity index (χ1v) is 10.8. The molecule has 0 bridgehead atoms. The van der Waals surface area contributed by atoms with Gasteiger partial charge >= 0.3 is 12.1 Å². The van der Waals surface area contributed by atoms with Gasteiger partial charge in [0, 0.05) is 37.1 Å². The van der Waals surface area contributed by atoms with Crippen molar-refractivity contribution in [1.29, 1.82) is 0 Å². The Labute approximate surface area is 179 Å². The first-order chi connectivity index (χ1) is 14.2. The Morgan fingerprint density at radius 2 is 1.67 bits per heavy atom. The number of anilines is 2. The number of likely N-dealkylation sites (tertiary alicyclic amines) is 1. The lowest BCUT2D eigenvalue weighted by Crippen LogP contribution is -2.47. The second-order valence-electron chi connectivity index (χ2n) is 8.52. The molecule has 0 spiro atoms. The summed E-state index contributed by atoms with van der Waals surface area (Å²) in [5.41, 5.74) is 1.28. The first-order valence-electron chi connectivity index (χ1n) is 10.8. The highest BCUT2D eigenvalue weighted by Crippen LogP contribution is 2.19. The van der Waals surface area contributed by atoms with Gasteiger partial charge in [0.2, 0.25) is 5.91 Å². The van der Waals surface area contributed by atoms with E-state index in [1.807, 2.05) is 13.8 Å². The van der Waals surface area contributed by atoms with E-state index in [9.17, 15) is 14.4 Å². The van der Waals surface area contributed by atoms with Crippen LogP contribution in [0.1, 0.15) is 47.0 Å². The number of carbonyl (C=O) groups excluding carboxylic acids is 3. The largest absolute Gasteiger partial charge is 0.356 e. The predicted octanol–water partition coefficient (Wildman–Crippen LogP) is 3.62. The number of amides is 5. The van der Waals surface area contributed by atoms with E-state index >= 15 is 0 Å². The van der Waals surface area contributed by atoms with Gasteiger partial charge in [0.05, 0.1) is 5.92 Å². The molecule has 8 nitrogen and oxygen atoms in total. The molecule has 1 saturated heterocycles. The van der Waals surface area contributed by atoms with Crippen LogP contribution >= 0.6 is 0 Å². The lowest BCUT2D eigenvalue weighted by atomic mass is 9.97. The molecule has 4 N–H and O–H groups in total. The second kappa shape index (κ2) is 11.4. The number of urea groups is 2. The van der Waals surface area contributed by atoms with Gasteiger partial charge in [-0.3, -0.25) is 4.79 Å². The maximum atomic E-state index is 12.6. The molecule has 0 aromatic heterocycles. The monoisotopic (exact) mass is 417 g/mol. The maximum absolute atomic E-state index is 12.6. The molecule has 1 fully saturated rings. The Balaban J connectivity index is 1.83. The Morgan fingerprint density at radius 1 is 1.03 bits per heavy atom. The number of hydrogen-bond acceptors (Lipinski definition) is 3. The fourth-order valence-electron chi connectivity index (χ4n) is 3.27. The van der Waals surface area contributed by atoms with E-state index < -0.39 is 0 Å². The topological polar surface area (TPSA) is 103 Å². The molecule has 5 amide bonds. The summed E-state index contributed by atoms with van der Waals surface area (Å²) in [5.74, 6) is 0.413. The third kappa shape index (κ3) is 7.93. The van der Waals surface area contributed by atoms with Gasteiger partial charge < -0.3 is 26.2 Å². The fraction of sp³-hybridized carbons (Fsp3) is 0.591. The third-order valence-corrected chi connectivity index (χ3v) is 4.91. The molecular formula is C22H35N5O3. The quantitative estimate of drug-likeness (QED) is 0.545. The number of nitrogens with zero attached hydrogens (tertiary/aromatic N) is 1. The summed E-state index contributed by atoms with van der Waals surface area (Å²) < 4.78 is 0. The van der Waals surface area contributed by atoms with Crippen molar-refractivity contribution in [2.24, 2.45) is 11.8 Å². The number of rotatable bonds is 7. The molecule has 0 unspecified atom stereocenters. The average Bonchev–Trinajstić information content (AvgIpc) is 2.68. The Kier molecular flexibility index (Phi) is 8.95. The summed E-state index contributed by atoms with van der Waals surface area (Å²) >= 11 is 0. The Bertz CT molecular complexity index is 718. The van der Waals surface area contributed by atoms with E-state index in [4.69, 9.17) is 0 Å². The van der Waals surface area contributed by atoms with Crippen LogP contribution in [0.15, 0.2) is 24.3 Å². The van der Waals surface area contributed by atoms with Crippen molar-refractivity contribution < 1.29 is 14.4 Å². The van der Waals surface area contributed by atoms with Crippen LogP contribution in [0.25, 0.3) is 0 Å². The van der Waals surface area contributed by atoms with Gasteiger partial charge in [-0.2, -0.15) is 0 Å². The van der Waals surface area contributed by atoms with Crippen LogP contribution in [0.5, 0.6) is 0 Å². The minimum atomic E-state index is -0.271. The van der Waals surface area contributed by atoms with Crippen LogP contribution < -0.4 is 21.3 Å². The van der Waals surface area contributed by atoms with E-state index in [2.05, 4.69) is 35.1 Å². The zero-order valence-electron chi connectivity index (χ0n) is 18.5. The lowest BCUT2D eigenvalue weighted by molar-refractivity contribution is -0.126. The molecule has 8 heteroatoms. The molecule has 1 aromatic rings. The second-order valence-corrected chi connectivity index (χ2v) is 8.52. The highest BCUT2D eigenvalue weighted by Gasteiger charge is 2.28. The highest BCUT2D eigenvalue weighted by atomic mass is 16.2. The molecule has 2 rings (SSSR count). The first kappa shape index (κ1) is 23.5. The zero-order chi connectivity index (χ0) is 22.1. The van der Waals surface area contributed by atoms with Crippen LogP contribution in [0.3, 0.4) is 0 Å². The van der Waals surface area contributed by atoms with Crippen LogP contribution in [-0.4, -0.2) is 48.5 Å². The van der Waals surface area contributed by atoms with Gasteiger partial charge in [-0.05, 0) is 63.3 Å². The van der Waals surface area contributed by atoms with Gasteiger partial charge in [0.15, 0.2) is 0 Å². The van der Waals surface area contributed by atoms with Crippen LogP contribution in [0, 0.1) is 11.8 Å². The van der Waals surface area contributed by atoms with Crippen molar-refractivity contribution in [1.82, 2.24) is 15.5 Å². The molecule has 1 aliphatic rings. The SMILES string of the molecule is CC(C)CCNC(=O)[C@@H]1CCCN(C(=O)Nc2ccc(NC(=O)NC(C)C)cc2)C1. The van der Waals surface area contributed by atoms with Gasteiger partial charge in [0.1, 0.15) is 0 Å². The summed E-state index contributed by atoms with van der Waals surface area (Å²) in [7, 11) is 0. The Hall–Kier alpha value is -2.77. The summed E-state index contributed by atoms with van der Waals surface area (Å²) in [6, 6.07) is 6.51. The normalized spacial score (nSPS) is 16.3. The minimum Gasteiger partial charge on any atom is -0.356 e. The zero-order valence-corrected chi connectivity index (χ0v) is 18.5. The van der Waals surface area contributed by atoms with E-state index in [0.29, 0.717) is 36.9 Å². The molecule has 0 saturated carbocycles. The molecule has 1 aromatic carbocycles. The predicted molar refractivity (Wildman–Crippen MR) is 120 cm³/mol. The third-order valence-electron chi connectivity index (χ3n) is 4.91. The van der Waals surface area contributed by atoms with Gasteiger partial charge in [-0.1, -0.05) is 13.8 Å². The van der Waals surface area contributed by atoms with Gasteiger partial charge in [-0.15, -0.1) is 0 Å². The van der Waals surface area contributed by atoms with E-state index in [1.165, 1.54) is 0 Å². The van der Waals surface area contributed by atoms with Crippen LogP contribution in [0.4, 0.5) is 21.0 Å². The van der Waals surface area contributed by atoms with E-state index in [1.54, 1.807) is 29.2 Å². The number of nitrogens with one attached hydrogen (secondary N) is 4. The summed E-state index contributed by atoms with van der Waals surface area (Å²) in [6.45, 7) is 9.76. The highest BCUT2D eigenvalue weighted by molar-refractivity contribution is 5.92. The fourth-order valence-corrected chi connectivity index (χ4v) is 3.27. The lowest BCUT2D eigenvalue weighted by Gasteiger charge is -2.32. The Morgan fingerprint density at radius 3 is 2.27 bits per heavy atom. The minimum absolute atomic E-state index is 0.0308. The molecule has 0 aliphatic carbocycles. The molecule has 166 valence electrons. The molecular weight excluding hydrogens is 382 g/mol. The molecule has 1 aliphatic heterocycles. The standard InChI is InChI=1S/C22H35N5O3/c1-15(2)11-12-23-20(28)17-6-5-13-27(14-17)22(30)26-19-9-7-18(8-10-19)25-21(29)24-16(3)4/h7-10,15-17H,5-6,11-14H2,1-4H3,(H,23,28)(H,26,30)(H2,24,25,29)/t17-/m1/s1. The van der Waals surface area contributed by atoms with Crippen molar-refractivity contribution in [3.05, 3.63) is 24.3 Å². The summed E-state index contributed by atoms with van der Waals surface area (Å²) in [6.07, 6.45) is 2.56. The van der Waals surface area contributed by atoms with Crippen molar-refractivity contribution >= 4 is 29.3 Å². The number of piperidine rings is 1. The summed E-state index contributed by atoms with van der Waals surface area (Å²) in [5, 5.41) is 11.4. The van der Waals surface area contributed by atoms with Crippen molar-refractivity contribution in [3.63, 3.8) is 0 Å². The van der Waals surface area contributed by atoms with Crippen molar-refractivity contribution in [2.45, 2.75) is 53.0 Å². The smallest absolute Gasteiger partial charge is 0.321 e. The summed E-state index contributed by atoms with van der Waals surface area (Å²) in [4.78, 5) is 38.5. The van der Waals surface area contributed by atoms with Gasteiger partial charge in [0.25, 0.3) is 0 Å². The number of carbonyl (C=O) groups is 3. The van der Waals surface area contributed by atoms with E-state index in [-0.39, 0.29) is 29.9 Å². The van der Waals surface area contributed by atoms with Gasteiger partial charge in [-0.25, -0.2) is 9.59 Å². The average molecular weight is 418 g/mol. The molecule has 1 atom stereocenters. The maximum Gasteiger partial charge on any atom is 0.321 e. The van der Waals surface area contributed by atoms with Crippen LogP contribution in [0.2, 0.25) is 0 Å². The van der Waals surface area contributed by atoms with Crippen molar-refractivity contribution in [3.8, 4) is 0 Å². The van der Waals surface area contributed by atoms with E-state index in [0.717, 1.165) is 19.3 Å². The van der Waals surface area contributed by atoms with Crippen molar-refractivity contribution in [2.75, 3.05) is 30.3 Å². The molecule has 1 heterocycles. The molecule has 0 radical (unpaired) electrons. The van der Waals surface area contributed by atoms with Crippen LogP contribution in [-0.2, 0) is 4.79 Å². The number of benzene rings is 1.